The minimum absolute atomic E-state index is 0.0657. The Kier molecular flexibility index (Phi) is 21.9. The second-order valence-corrected chi connectivity index (χ2v) is 25.4. The van der Waals surface area contributed by atoms with E-state index in [1.807, 2.05) is 24.3 Å². The van der Waals surface area contributed by atoms with Gasteiger partial charge in [0.25, 0.3) is 30.4 Å². The normalized spacial score (nSPS) is 11.8. The number of aryl methyl sites for hydroxylation is 2. The number of hydrogen-bond acceptors (Lipinski definition) is 25. The van der Waals surface area contributed by atoms with E-state index < -0.39 is 71.3 Å². The molecule has 0 amide bonds. The summed E-state index contributed by atoms with van der Waals surface area (Å²) in [5.74, 6) is -0.490. The maximum atomic E-state index is 13.3. The molecule has 0 bridgehead atoms. The van der Waals surface area contributed by atoms with E-state index in [-0.39, 0.29) is 43.9 Å². The largest absolute Gasteiger partial charge is 0.497 e. The molecule has 0 heterocycles. The van der Waals surface area contributed by atoms with E-state index in [1.165, 1.54) is 79.9 Å². The van der Waals surface area contributed by atoms with Crippen LogP contribution in [0, 0.1) is 13.8 Å². The molecule has 8 aromatic rings. The molecule has 0 saturated carbocycles. The van der Waals surface area contributed by atoms with Crippen molar-refractivity contribution in [1.82, 2.24) is 0 Å². The lowest BCUT2D eigenvalue weighted by Gasteiger charge is -2.15. The fourth-order valence-corrected chi connectivity index (χ4v) is 12.5. The molecular weight excluding hydrogens is 1260 g/mol. The van der Waals surface area contributed by atoms with Crippen LogP contribution >= 0.6 is 36.1 Å². The van der Waals surface area contributed by atoms with Crippen molar-refractivity contribution in [2.45, 2.75) is 53.0 Å². The number of benzene rings is 8. The van der Waals surface area contributed by atoms with Crippen LogP contribution in [0.1, 0.15) is 27.0 Å². The lowest BCUT2D eigenvalue weighted by molar-refractivity contribution is -0.432. The third-order valence-electron chi connectivity index (χ3n) is 11.8. The van der Waals surface area contributed by atoms with E-state index in [1.54, 1.807) is 51.3 Å². The zero-order chi connectivity index (χ0) is 61.9. The Labute approximate surface area is 497 Å². The van der Waals surface area contributed by atoms with Crippen molar-refractivity contribution in [3.8, 4) is 56.8 Å². The van der Waals surface area contributed by atoms with Crippen molar-refractivity contribution in [3.05, 3.63) is 180 Å². The van der Waals surface area contributed by atoms with E-state index in [0.717, 1.165) is 41.5 Å². The molecule has 8 aromatic carbocycles. The highest BCUT2D eigenvalue weighted by molar-refractivity contribution is 7.95. The van der Waals surface area contributed by atoms with Crippen molar-refractivity contribution >= 4 is 82.1 Å². The first-order valence-electron chi connectivity index (χ1n) is 23.4. The molecule has 25 nitrogen and oxygen atoms in total. The number of ether oxygens (including phenoxy) is 4. The van der Waals surface area contributed by atoms with Crippen molar-refractivity contribution in [1.29, 1.82) is 0 Å². The average Bonchev–Trinajstić information content (AvgIpc) is 1.41. The van der Waals surface area contributed by atoms with Gasteiger partial charge in [0.1, 0.15) is 49.2 Å². The van der Waals surface area contributed by atoms with Gasteiger partial charge in [-0.2, -0.15) is 25.3 Å². The van der Waals surface area contributed by atoms with E-state index in [9.17, 15) is 52.1 Å². The van der Waals surface area contributed by atoms with Crippen molar-refractivity contribution in [2.24, 2.45) is 0 Å². The fourth-order valence-electron chi connectivity index (χ4n) is 7.64. The SMILES string of the molecule is COc1ccc(-c2ccc(Oc3ccc(C(=O)c4ccc(C)c(SOOO)c4)cc3S(=O)(=O)O)c(SOOO)c2)cc1S(=O)(=O)O.COc1ccc(-c2ccc(Oc3ccc(S(=O)(=O)c4ccc(C)c(SOOO)c4)cc3S(=O)(=O)O)cc2)cc1. The lowest BCUT2D eigenvalue weighted by Crippen LogP contribution is -2.07. The summed E-state index contributed by atoms with van der Waals surface area (Å²) in [5, 5.41) is 36.4. The average molecular weight is 1310 g/mol. The number of sulfone groups is 1. The number of ketones is 1. The van der Waals surface area contributed by atoms with Crippen LogP contribution in [0.5, 0.6) is 34.5 Å². The highest BCUT2D eigenvalue weighted by atomic mass is 32.2. The molecule has 0 atom stereocenters. The van der Waals surface area contributed by atoms with Gasteiger partial charge in [0.2, 0.25) is 9.84 Å². The van der Waals surface area contributed by atoms with Crippen LogP contribution in [0.2, 0.25) is 0 Å². The summed E-state index contributed by atoms with van der Waals surface area (Å²) in [6.45, 7) is 3.40. The quantitative estimate of drug-likeness (QED) is 0.0108. The Bertz CT molecular complexity index is 4200. The molecule has 0 spiro atoms. The minimum Gasteiger partial charge on any atom is -0.497 e. The van der Waals surface area contributed by atoms with Crippen molar-refractivity contribution in [3.63, 3.8) is 0 Å². The first-order valence-corrected chi connectivity index (χ1v) is 31.4. The molecule has 0 aromatic heterocycles. The second-order valence-electron chi connectivity index (χ2n) is 17.1. The van der Waals surface area contributed by atoms with Gasteiger partial charge in [-0.1, -0.05) is 69.7 Å². The van der Waals surface area contributed by atoms with Crippen molar-refractivity contribution in [2.75, 3.05) is 14.2 Å². The predicted octanol–water partition coefficient (Wildman–Crippen LogP) is 12.0. The molecule has 0 saturated heterocycles. The molecule has 6 N–H and O–H groups in total. The highest BCUT2D eigenvalue weighted by Gasteiger charge is 2.27. The summed E-state index contributed by atoms with van der Waals surface area (Å²) in [7, 11) is -15.9. The van der Waals surface area contributed by atoms with Gasteiger partial charge in [0.15, 0.2) is 5.78 Å². The van der Waals surface area contributed by atoms with Crippen LogP contribution in [0.25, 0.3) is 22.3 Å². The van der Waals surface area contributed by atoms with E-state index >= 15 is 0 Å². The monoisotopic (exact) mass is 1300 g/mol. The predicted molar refractivity (Wildman–Crippen MR) is 303 cm³/mol. The van der Waals surface area contributed by atoms with Crippen LogP contribution in [-0.2, 0) is 68.3 Å². The maximum Gasteiger partial charge on any atom is 0.298 e. The molecular formula is C53H44O25S7. The van der Waals surface area contributed by atoms with Crippen LogP contribution < -0.4 is 18.9 Å². The van der Waals surface area contributed by atoms with Crippen LogP contribution in [0.3, 0.4) is 0 Å². The molecule has 0 unspecified atom stereocenters. The Morgan fingerprint density at radius 1 is 0.388 bits per heavy atom. The number of carbonyl (C=O) groups excluding carboxylic acids is 1. The summed E-state index contributed by atoms with van der Waals surface area (Å²) in [6.07, 6.45) is 0. The number of rotatable bonds is 24. The van der Waals surface area contributed by atoms with Gasteiger partial charge < -0.3 is 18.9 Å². The summed E-state index contributed by atoms with van der Waals surface area (Å²) in [5.41, 5.74) is 3.74. The highest BCUT2D eigenvalue weighted by Crippen LogP contribution is 2.41. The molecule has 32 heteroatoms. The van der Waals surface area contributed by atoms with Crippen LogP contribution in [-0.4, -0.2) is 83.1 Å². The fraction of sp³-hybridized carbons (Fsp3) is 0.0755. The van der Waals surface area contributed by atoms with Gasteiger partial charge in [0.05, 0.1) is 65.0 Å². The number of carbonyl (C=O) groups is 1. The van der Waals surface area contributed by atoms with Gasteiger partial charge in [-0.05, 0) is 150 Å². The smallest absolute Gasteiger partial charge is 0.298 e. The molecule has 0 aliphatic carbocycles. The van der Waals surface area contributed by atoms with Gasteiger partial charge in [-0.15, -0.1) is 13.0 Å². The Balaban J connectivity index is 0.000000247. The minimum atomic E-state index is -4.97. The Hall–Kier alpha value is -7.00. The summed E-state index contributed by atoms with van der Waals surface area (Å²) < 4.78 is 164. The van der Waals surface area contributed by atoms with Gasteiger partial charge in [-0.3, -0.25) is 18.5 Å². The standard InChI is InChI=1S/C27H22O15S4.C26H22O10S3/c1-15-3-4-18(12-23(15)43-41-39-29)27(28)19-7-10-22(26(14-19)46(34,35)36)38-20-8-5-16(11-24(20)44-42-40-30)17-6-9-21(37-2)25(13-17)45(31,32)33;1-17-3-12-22(15-25(17)37-36-35-27)38(28,29)23-13-14-24(26(16-23)39(30,31)32)34-21-10-6-19(7-11-21)18-4-8-20(33-2)9-5-18/h3-14,29-30H,1-2H3,(H,31,32,33)(H,34,35,36);3-16,27H,1-2H3,(H,30,31,32). The first-order chi connectivity index (χ1) is 40.3. The van der Waals surface area contributed by atoms with Crippen LogP contribution in [0.4, 0.5) is 0 Å². The third-order valence-corrected chi connectivity index (χ3v) is 18.3. The Morgan fingerprint density at radius 2 is 0.800 bits per heavy atom. The summed E-state index contributed by atoms with van der Waals surface area (Å²) >= 11 is 1.65. The molecule has 0 aliphatic heterocycles. The molecule has 448 valence electrons. The lowest BCUT2D eigenvalue weighted by atomic mass is 10.0. The summed E-state index contributed by atoms with van der Waals surface area (Å²) in [6, 6.07) is 37.4. The second kappa shape index (κ2) is 28.5. The molecule has 85 heavy (non-hydrogen) atoms. The van der Waals surface area contributed by atoms with E-state index in [0.29, 0.717) is 73.9 Å². The first kappa shape index (κ1) is 65.5. The third kappa shape index (κ3) is 16.7. The van der Waals surface area contributed by atoms with Crippen LogP contribution in [0.15, 0.2) is 197 Å². The maximum absolute atomic E-state index is 13.3. The Morgan fingerprint density at radius 3 is 1.35 bits per heavy atom. The summed E-state index contributed by atoms with van der Waals surface area (Å²) in [4.78, 5) is 11.5. The molecule has 8 rings (SSSR count). The van der Waals surface area contributed by atoms with Gasteiger partial charge in [-0.25, -0.2) is 24.2 Å². The molecule has 0 aliphatic rings. The van der Waals surface area contributed by atoms with Gasteiger partial charge >= 0.3 is 0 Å². The molecule has 0 radical (unpaired) electrons. The topological polar surface area (TPSA) is 367 Å². The zero-order valence-corrected chi connectivity index (χ0v) is 49.5. The zero-order valence-electron chi connectivity index (χ0n) is 43.8. The van der Waals surface area contributed by atoms with Gasteiger partial charge in [0, 0.05) is 20.9 Å². The van der Waals surface area contributed by atoms with E-state index in [2.05, 4.69) is 28.1 Å². The van der Waals surface area contributed by atoms with Crippen molar-refractivity contribution < 1.29 is 115 Å². The number of methoxy groups -OCH3 is 2. The molecule has 0 fully saturated rings. The number of hydrogen-bond donors (Lipinski definition) is 6. The van der Waals surface area contributed by atoms with E-state index in [4.69, 9.17) is 34.7 Å².